The molecule has 3 atom stereocenters. The number of benzene rings is 1. The van der Waals surface area contributed by atoms with E-state index in [2.05, 4.69) is 20.8 Å². The molecule has 0 spiro atoms. The monoisotopic (exact) mass is 595 g/mol. The summed E-state index contributed by atoms with van der Waals surface area (Å²) in [6.07, 6.45) is 2.76. The SMILES string of the molecule is Cc1ncsc1-c1ccc([C@H](C)NC(=O)[C@@]2(O)CCCN2C(=O)[C@@H](c2cc(OCC3CCNCC3)no2)C(C)C)cc1. The standard InChI is InChI=1S/C31H41N5O5S/c1-19(2)27(25-16-26(35-41-25)40-17-22-10-13-32-14-11-22)29(37)36-15-5-12-31(36,39)30(38)34-20(3)23-6-8-24(9-7-23)28-21(4)33-18-42-28/h6-9,16,18-20,22,27,32,39H,5,10-15,17H2,1-4H3,(H,34,38)/t20-,27+,31-/m0/s1. The number of thiazole rings is 1. The first-order valence-corrected chi connectivity index (χ1v) is 15.7. The molecule has 2 fully saturated rings. The molecule has 0 unspecified atom stereocenters. The topological polar surface area (TPSA) is 130 Å². The van der Waals surface area contributed by atoms with Crippen LogP contribution in [0.5, 0.6) is 5.88 Å². The average molecular weight is 596 g/mol. The lowest BCUT2D eigenvalue weighted by atomic mass is 9.91. The van der Waals surface area contributed by atoms with E-state index < -0.39 is 17.6 Å². The molecule has 11 heteroatoms. The third-order valence-corrected chi connectivity index (χ3v) is 9.40. The number of rotatable bonds is 10. The molecule has 0 saturated carbocycles. The normalized spacial score (nSPS) is 21.0. The van der Waals surface area contributed by atoms with Crippen LogP contribution in [0.15, 0.2) is 40.4 Å². The van der Waals surface area contributed by atoms with Crippen LogP contribution >= 0.6 is 11.3 Å². The van der Waals surface area contributed by atoms with Crippen LogP contribution in [0, 0.1) is 18.8 Å². The second-order valence-electron chi connectivity index (χ2n) is 11.8. The molecule has 0 bridgehead atoms. The second-order valence-corrected chi connectivity index (χ2v) is 12.6. The largest absolute Gasteiger partial charge is 0.475 e. The molecule has 1 aromatic carbocycles. The van der Waals surface area contributed by atoms with Crippen LogP contribution in [0.4, 0.5) is 0 Å². The predicted octanol–water partition coefficient (Wildman–Crippen LogP) is 4.41. The molecule has 2 aliphatic heterocycles. The number of piperidine rings is 1. The van der Waals surface area contributed by atoms with Gasteiger partial charge in [0, 0.05) is 19.0 Å². The maximum atomic E-state index is 13.9. The number of aromatic nitrogens is 2. The third-order valence-electron chi connectivity index (χ3n) is 8.42. The van der Waals surface area contributed by atoms with E-state index in [0.29, 0.717) is 30.6 Å². The lowest BCUT2D eigenvalue weighted by Crippen LogP contribution is -2.58. The van der Waals surface area contributed by atoms with Crippen molar-refractivity contribution in [3.8, 4) is 16.3 Å². The van der Waals surface area contributed by atoms with Gasteiger partial charge in [-0.15, -0.1) is 11.3 Å². The molecule has 2 saturated heterocycles. The Morgan fingerprint density at radius 1 is 1.24 bits per heavy atom. The van der Waals surface area contributed by atoms with Crippen LogP contribution in [0.3, 0.4) is 0 Å². The predicted molar refractivity (Wildman–Crippen MR) is 160 cm³/mol. The zero-order chi connectivity index (χ0) is 29.9. The number of carbonyl (C=O) groups is 2. The van der Waals surface area contributed by atoms with Crippen LogP contribution in [0.25, 0.3) is 10.4 Å². The second kappa shape index (κ2) is 12.9. The molecular weight excluding hydrogens is 554 g/mol. The molecule has 2 amide bonds. The van der Waals surface area contributed by atoms with Crippen molar-refractivity contribution in [3.05, 3.63) is 52.9 Å². The number of likely N-dealkylation sites (tertiary alicyclic amines) is 1. The fraction of sp³-hybridized carbons (Fsp3) is 0.548. The Bertz CT molecular complexity index is 1370. The number of ether oxygens (including phenoxy) is 1. The minimum absolute atomic E-state index is 0.157. The lowest BCUT2D eigenvalue weighted by molar-refractivity contribution is -0.170. The van der Waals surface area contributed by atoms with E-state index in [1.54, 1.807) is 17.4 Å². The number of nitrogens with one attached hydrogen (secondary N) is 2. The van der Waals surface area contributed by atoms with E-state index in [1.165, 1.54) is 4.90 Å². The zero-order valence-electron chi connectivity index (χ0n) is 24.8. The van der Waals surface area contributed by atoms with E-state index in [-0.39, 0.29) is 30.8 Å². The molecule has 0 radical (unpaired) electrons. The highest BCUT2D eigenvalue weighted by molar-refractivity contribution is 7.13. The van der Waals surface area contributed by atoms with E-state index in [4.69, 9.17) is 9.26 Å². The van der Waals surface area contributed by atoms with Gasteiger partial charge in [-0.25, -0.2) is 4.98 Å². The van der Waals surface area contributed by atoms with Gasteiger partial charge < -0.3 is 29.9 Å². The van der Waals surface area contributed by atoms with Gasteiger partial charge in [-0.2, -0.15) is 0 Å². The molecule has 5 rings (SSSR count). The van der Waals surface area contributed by atoms with Crippen molar-refractivity contribution in [2.24, 2.45) is 11.8 Å². The van der Waals surface area contributed by atoms with Crippen molar-refractivity contribution in [2.45, 2.75) is 71.1 Å². The summed E-state index contributed by atoms with van der Waals surface area (Å²) >= 11 is 1.59. The Morgan fingerprint density at radius 3 is 2.64 bits per heavy atom. The zero-order valence-corrected chi connectivity index (χ0v) is 25.6. The van der Waals surface area contributed by atoms with Gasteiger partial charge in [0.25, 0.3) is 11.8 Å². The molecule has 2 aliphatic rings. The van der Waals surface area contributed by atoms with Crippen molar-refractivity contribution >= 4 is 23.2 Å². The Morgan fingerprint density at radius 2 is 1.98 bits per heavy atom. The molecule has 4 heterocycles. The first kappa shape index (κ1) is 30.2. The number of aliphatic hydroxyl groups is 1. The summed E-state index contributed by atoms with van der Waals surface area (Å²) in [5, 5.41) is 21.9. The van der Waals surface area contributed by atoms with Crippen molar-refractivity contribution in [2.75, 3.05) is 26.2 Å². The Labute approximate surface area is 250 Å². The molecule has 3 N–H and O–H groups in total. The summed E-state index contributed by atoms with van der Waals surface area (Å²) in [6, 6.07) is 9.24. The number of hydrogen-bond donors (Lipinski definition) is 3. The number of amides is 2. The van der Waals surface area contributed by atoms with Gasteiger partial charge in [0.1, 0.15) is 5.92 Å². The summed E-state index contributed by atoms with van der Waals surface area (Å²) in [4.78, 5) is 34.1. The molecule has 42 heavy (non-hydrogen) atoms. The van der Waals surface area contributed by atoms with E-state index in [0.717, 1.165) is 47.6 Å². The van der Waals surface area contributed by atoms with Crippen molar-refractivity contribution in [3.63, 3.8) is 0 Å². The highest BCUT2D eigenvalue weighted by Gasteiger charge is 2.51. The fourth-order valence-corrected chi connectivity index (χ4v) is 6.68. The van der Waals surface area contributed by atoms with Gasteiger partial charge >= 0.3 is 0 Å². The summed E-state index contributed by atoms with van der Waals surface area (Å²) < 4.78 is 11.5. The summed E-state index contributed by atoms with van der Waals surface area (Å²) in [5.74, 6) is -0.653. The Kier molecular flexibility index (Phi) is 9.29. The van der Waals surface area contributed by atoms with Crippen LogP contribution in [-0.4, -0.2) is 63.9 Å². The van der Waals surface area contributed by atoms with E-state index in [1.807, 2.05) is 57.5 Å². The van der Waals surface area contributed by atoms with E-state index in [9.17, 15) is 14.7 Å². The van der Waals surface area contributed by atoms with Crippen LogP contribution < -0.4 is 15.4 Å². The minimum Gasteiger partial charge on any atom is -0.475 e. The number of hydrogen-bond acceptors (Lipinski definition) is 9. The molecule has 2 aromatic heterocycles. The van der Waals surface area contributed by atoms with Crippen molar-refractivity contribution in [1.29, 1.82) is 0 Å². The summed E-state index contributed by atoms with van der Waals surface area (Å²) in [7, 11) is 0. The molecular formula is C31H41N5O5S. The first-order valence-electron chi connectivity index (χ1n) is 14.8. The molecule has 0 aliphatic carbocycles. The molecule has 10 nitrogen and oxygen atoms in total. The highest BCUT2D eigenvalue weighted by atomic mass is 32.1. The van der Waals surface area contributed by atoms with Gasteiger partial charge in [-0.1, -0.05) is 38.1 Å². The van der Waals surface area contributed by atoms with Crippen LogP contribution in [0.2, 0.25) is 0 Å². The Hall–Kier alpha value is -3.28. The van der Waals surface area contributed by atoms with Gasteiger partial charge in [-0.3, -0.25) is 9.59 Å². The quantitative estimate of drug-likeness (QED) is 0.314. The number of carbonyl (C=O) groups excluding carboxylic acids is 2. The average Bonchev–Trinajstić information content (AvgIpc) is 3.73. The maximum Gasteiger partial charge on any atom is 0.273 e. The number of nitrogens with zero attached hydrogens (tertiary/aromatic N) is 3. The minimum atomic E-state index is -1.95. The summed E-state index contributed by atoms with van der Waals surface area (Å²) in [5.41, 5.74) is 2.81. The third kappa shape index (κ3) is 6.38. The smallest absolute Gasteiger partial charge is 0.273 e. The van der Waals surface area contributed by atoms with Gasteiger partial charge in [0.2, 0.25) is 11.6 Å². The Balaban J connectivity index is 1.25. The molecule has 226 valence electrons. The van der Waals surface area contributed by atoms with Gasteiger partial charge in [-0.05, 0) is 74.3 Å². The van der Waals surface area contributed by atoms with E-state index >= 15 is 0 Å². The van der Waals surface area contributed by atoms with Gasteiger partial charge in [0.15, 0.2) is 5.76 Å². The molecule has 3 aromatic rings. The van der Waals surface area contributed by atoms with Crippen molar-refractivity contribution in [1.82, 2.24) is 25.7 Å². The number of aryl methyl sites for hydroxylation is 1. The van der Waals surface area contributed by atoms with Crippen LogP contribution in [-0.2, 0) is 9.59 Å². The van der Waals surface area contributed by atoms with Crippen molar-refractivity contribution < 1.29 is 24.0 Å². The highest BCUT2D eigenvalue weighted by Crippen LogP contribution is 2.36. The lowest BCUT2D eigenvalue weighted by Gasteiger charge is -2.35. The van der Waals surface area contributed by atoms with Crippen LogP contribution in [0.1, 0.15) is 75.4 Å². The fourth-order valence-electron chi connectivity index (χ4n) is 5.87. The maximum absolute atomic E-state index is 13.9. The summed E-state index contributed by atoms with van der Waals surface area (Å²) in [6.45, 7) is 10.4. The van der Waals surface area contributed by atoms with Gasteiger partial charge in [0.05, 0.1) is 28.7 Å². The first-order chi connectivity index (χ1) is 20.2.